The van der Waals surface area contributed by atoms with Crippen LogP contribution in [0.5, 0.6) is 0 Å². The van der Waals surface area contributed by atoms with Crippen LogP contribution in [0.4, 0.5) is 0 Å². The number of fused-ring (bicyclic) bond motifs is 7. The molecule has 0 saturated heterocycles. The molecule has 0 amide bonds. The highest BCUT2D eigenvalue weighted by Crippen LogP contribution is 2.37. The minimum absolute atomic E-state index is 1.24. The van der Waals surface area contributed by atoms with E-state index in [1.807, 2.05) is 0 Å². The van der Waals surface area contributed by atoms with Crippen molar-refractivity contribution in [1.29, 1.82) is 0 Å². The summed E-state index contributed by atoms with van der Waals surface area (Å²) in [5.74, 6) is 0. The van der Waals surface area contributed by atoms with Crippen LogP contribution < -0.4 is 0 Å². The Bertz CT molecular complexity index is 1200. The Morgan fingerprint density at radius 1 is 0.545 bits per heavy atom. The Kier molecular flexibility index (Phi) is 2.58. The van der Waals surface area contributed by atoms with Crippen LogP contribution in [-0.2, 0) is 0 Å². The third-order valence-electron chi connectivity index (χ3n) is 4.54. The first-order valence-electron chi connectivity index (χ1n) is 7.23. The van der Waals surface area contributed by atoms with E-state index in [1.165, 1.54) is 43.6 Å². The van der Waals surface area contributed by atoms with E-state index in [4.69, 9.17) is 0 Å². The third kappa shape index (κ3) is 1.46. The molecule has 98 valence electrons. The predicted octanol–water partition coefficient (Wildman–Crippen LogP) is 3.77. The molecule has 4 radical (unpaired) electrons. The van der Waals surface area contributed by atoms with E-state index in [0.717, 1.165) is 0 Å². The molecule has 0 fully saturated rings. The number of benzene rings is 3. The normalized spacial score (nSPS) is 12.0. The van der Waals surface area contributed by atoms with Gasteiger partial charge in [-0.2, -0.15) is 0 Å². The van der Waals surface area contributed by atoms with Crippen LogP contribution >= 0.6 is 0 Å². The van der Waals surface area contributed by atoms with Crippen molar-refractivity contribution in [2.45, 2.75) is 0 Å². The average molecular weight is 308 g/mol. The summed E-state index contributed by atoms with van der Waals surface area (Å²) >= 11 is 5.72. The summed E-state index contributed by atoms with van der Waals surface area (Å²) in [6.45, 7) is 0. The van der Waals surface area contributed by atoms with E-state index < -0.39 is 0 Å². The first kappa shape index (κ1) is 12.8. The molecule has 5 aromatic rings. The topological polar surface area (TPSA) is 9.86 Å². The van der Waals surface area contributed by atoms with E-state index in [0.29, 0.717) is 0 Å². The molecule has 22 heavy (non-hydrogen) atoms. The van der Waals surface area contributed by atoms with E-state index in [1.54, 1.807) is 0 Å². The maximum absolute atomic E-state index is 2.88. The van der Waals surface area contributed by atoms with Crippen LogP contribution in [0.15, 0.2) is 60.7 Å². The maximum Gasteiger partial charge on any atom is 0.318 e. The van der Waals surface area contributed by atoms with Gasteiger partial charge in [-0.25, -0.2) is 0 Å². The fourth-order valence-electron chi connectivity index (χ4n) is 3.57. The van der Waals surface area contributed by atoms with Gasteiger partial charge in [0.15, 0.2) is 0 Å². The van der Waals surface area contributed by atoms with E-state index >= 15 is 0 Å². The van der Waals surface area contributed by atoms with Crippen molar-refractivity contribution >= 4 is 76.6 Å². The quantitative estimate of drug-likeness (QED) is 0.385. The molecule has 4 heteroatoms. The molecule has 0 bridgehead atoms. The molecule has 0 N–H and O–H groups in total. The summed E-state index contributed by atoms with van der Waals surface area (Å²) in [7, 11) is 0. The Hall–Kier alpha value is -1.68. The predicted molar refractivity (Wildman–Crippen MR) is 94.8 cm³/mol. The number of nitrogens with zero attached hydrogens (tertiary/aromatic N) is 2. The number of hydrogen-bond acceptors (Lipinski definition) is 0. The maximum atomic E-state index is 2.88. The van der Waals surface area contributed by atoms with Crippen LogP contribution in [0, 0.1) is 0 Å². The molecule has 0 saturated carbocycles. The zero-order chi connectivity index (χ0) is 14.8. The first-order chi connectivity index (χ1) is 10.8. The zero-order valence-electron chi connectivity index (χ0n) is 11.8. The van der Waals surface area contributed by atoms with Crippen molar-refractivity contribution in [2.75, 3.05) is 0 Å². The summed E-state index contributed by atoms with van der Waals surface area (Å²) in [5, 5.41) is 5.22. The molecule has 0 spiro atoms. The summed E-state index contributed by atoms with van der Waals surface area (Å²) in [6, 6.07) is 21.6. The lowest BCUT2D eigenvalue weighted by atomic mass is 10.1. The molecule has 0 aliphatic carbocycles. The lowest BCUT2D eigenvalue weighted by Gasteiger charge is -2.03. The smallest absolute Gasteiger partial charge is 0.318 e. The van der Waals surface area contributed by atoms with E-state index in [9.17, 15) is 0 Å². The van der Waals surface area contributed by atoms with Gasteiger partial charge in [0, 0.05) is 43.6 Å². The van der Waals surface area contributed by atoms with Crippen LogP contribution in [0.25, 0.3) is 43.6 Å². The highest BCUT2D eigenvalue weighted by molar-refractivity contribution is 6.33. The first-order valence-corrected chi connectivity index (χ1v) is 8.26. The van der Waals surface area contributed by atoms with Gasteiger partial charge >= 0.3 is 33.0 Å². The van der Waals surface area contributed by atoms with Gasteiger partial charge in [0.1, 0.15) is 0 Å². The highest BCUT2D eigenvalue weighted by atomic mass is 27.1. The minimum atomic E-state index is 1.24. The van der Waals surface area contributed by atoms with Crippen LogP contribution in [-0.4, -0.2) is 40.1 Å². The second-order valence-corrected chi connectivity index (χ2v) is 6.66. The molecule has 5 rings (SSSR count). The van der Waals surface area contributed by atoms with Crippen molar-refractivity contribution < 1.29 is 0 Å². The molecule has 0 unspecified atom stereocenters. The van der Waals surface area contributed by atoms with Crippen molar-refractivity contribution in [3.63, 3.8) is 0 Å². The second-order valence-electron chi connectivity index (χ2n) is 5.63. The standard InChI is InChI=1S/C18H10N2.2Al/c1-3-7-14-11(5-1)12-9-10-16-17(18(12)20-14)13-6-2-4-8-15(13)19-16;;/h1-10H;;/q-2;2*+1. The SMILES string of the molecule is [Al][n]1c2ccccc2c2c1ccc1c3ccccc3[n]([Al])c12. The monoisotopic (exact) mass is 308 g/mol. The highest BCUT2D eigenvalue weighted by Gasteiger charge is 2.14. The van der Waals surface area contributed by atoms with Crippen LogP contribution in [0.2, 0.25) is 0 Å². The zero-order valence-corrected chi connectivity index (χ0v) is 14.1. The Labute approximate surface area is 144 Å². The summed E-state index contributed by atoms with van der Waals surface area (Å²) in [6.07, 6.45) is 0. The Morgan fingerprint density at radius 2 is 1.18 bits per heavy atom. The molecule has 0 atom stereocenters. The third-order valence-corrected chi connectivity index (χ3v) is 5.64. The lowest BCUT2D eigenvalue weighted by Crippen LogP contribution is -1.92. The van der Waals surface area contributed by atoms with E-state index in [2.05, 4.69) is 101 Å². The van der Waals surface area contributed by atoms with Crippen molar-refractivity contribution in [3.05, 3.63) is 60.7 Å². The molecular formula is C18H10Al2N2. The van der Waals surface area contributed by atoms with Gasteiger partial charge in [0.05, 0.1) is 0 Å². The van der Waals surface area contributed by atoms with Gasteiger partial charge in [0.25, 0.3) is 0 Å². The fraction of sp³-hybridized carbons (Fsp3) is 0. The average Bonchev–Trinajstić information content (AvgIpc) is 3.02. The van der Waals surface area contributed by atoms with Crippen LogP contribution in [0.3, 0.4) is 0 Å². The van der Waals surface area contributed by atoms with Crippen molar-refractivity contribution in [2.24, 2.45) is 0 Å². The van der Waals surface area contributed by atoms with Gasteiger partial charge < -0.3 is 7.10 Å². The number of rotatable bonds is 0. The van der Waals surface area contributed by atoms with Gasteiger partial charge in [0.2, 0.25) is 0 Å². The summed E-state index contributed by atoms with van der Waals surface area (Å²) in [4.78, 5) is 0. The van der Waals surface area contributed by atoms with Crippen molar-refractivity contribution in [3.8, 4) is 0 Å². The molecule has 2 heterocycles. The lowest BCUT2D eigenvalue weighted by molar-refractivity contribution is 1.38. The minimum Gasteiger partial charge on any atom is -0.452 e. The number of para-hydroxylation sites is 2. The van der Waals surface area contributed by atoms with Crippen molar-refractivity contribution in [1.82, 2.24) is 7.10 Å². The second kappa shape index (κ2) is 4.42. The molecular weight excluding hydrogens is 298 g/mol. The van der Waals surface area contributed by atoms with Gasteiger partial charge in [-0.15, -0.1) is 0 Å². The molecule has 3 aromatic carbocycles. The molecule has 2 aromatic heterocycles. The summed E-state index contributed by atoms with van der Waals surface area (Å²) in [5.41, 5.74) is 5.01. The molecule has 0 aliphatic rings. The Morgan fingerprint density at radius 3 is 1.95 bits per heavy atom. The molecule has 0 aliphatic heterocycles. The number of aromatic nitrogens is 2. The summed E-state index contributed by atoms with van der Waals surface area (Å²) < 4.78 is 4.44. The molecule has 2 nitrogen and oxygen atoms in total. The Balaban J connectivity index is 2.20. The van der Waals surface area contributed by atoms with Crippen LogP contribution in [0.1, 0.15) is 0 Å². The van der Waals surface area contributed by atoms with E-state index in [-0.39, 0.29) is 0 Å². The number of hydrogen-bond donors (Lipinski definition) is 0. The van der Waals surface area contributed by atoms with Gasteiger partial charge in [-0.1, -0.05) is 42.5 Å². The largest absolute Gasteiger partial charge is 0.452 e. The fourth-order valence-corrected chi connectivity index (χ4v) is 4.50. The van der Waals surface area contributed by atoms with Gasteiger partial charge in [-0.3, -0.25) is 0 Å². The van der Waals surface area contributed by atoms with Gasteiger partial charge in [-0.05, 0) is 18.2 Å².